The standard InChI is InChI=1S/C17H15F3N4O/c1-23(11-15-22-8-9-24(15)12-17(18,19)20)16(25)7-6-13-4-2-3-5-14(13)10-21/h2-9H,11-12H2,1H3/b7-6-. The van der Waals surface area contributed by atoms with Crippen molar-refractivity contribution in [1.29, 1.82) is 5.26 Å². The number of nitriles is 1. The van der Waals surface area contributed by atoms with E-state index in [-0.39, 0.29) is 12.4 Å². The first kappa shape index (κ1) is 18.3. The molecule has 1 aromatic heterocycles. The smallest absolute Gasteiger partial charge is 0.335 e. The zero-order valence-electron chi connectivity index (χ0n) is 13.4. The monoisotopic (exact) mass is 348 g/mol. The van der Waals surface area contributed by atoms with Crippen LogP contribution >= 0.6 is 0 Å². The highest BCUT2D eigenvalue weighted by atomic mass is 19.4. The minimum Gasteiger partial charge on any atom is -0.335 e. The van der Waals surface area contributed by atoms with Crippen LogP contribution in [0, 0.1) is 11.3 Å². The predicted octanol–water partition coefficient (Wildman–Crippen LogP) is 2.99. The number of rotatable bonds is 5. The first-order chi connectivity index (χ1) is 11.8. The van der Waals surface area contributed by atoms with Gasteiger partial charge in [0.05, 0.1) is 18.2 Å². The molecule has 8 heteroatoms. The highest BCUT2D eigenvalue weighted by Crippen LogP contribution is 2.18. The SMILES string of the molecule is CN(Cc1nccn1CC(F)(F)F)C(=O)/C=C\c1ccccc1C#N. The third-order valence-electron chi connectivity index (χ3n) is 3.39. The summed E-state index contributed by atoms with van der Waals surface area (Å²) in [4.78, 5) is 17.3. The zero-order chi connectivity index (χ0) is 18.4. The van der Waals surface area contributed by atoms with Crippen LogP contribution in [-0.4, -0.2) is 33.6 Å². The van der Waals surface area contributed by atoms with Crippen molar-refractivity contribution >= 4 is 12.0 Å². The Kier molecular flexibility index (Phi) is 5.60. The van der Waals surface area contributed by atoms with Gasteiger partial charge in [-0.05, 0) is 17.7 Å². The molecule has 0 fully saturated rings. The van der Waals surface area contributed by atoms with Gasteiger partial charge in [0.1, 0.15) is 12.4 Å². The molecular formula is C17H15F3N4O. The second kappa shape index (κ2) is 7.66. The third kappa shape index (κ3) is 5.21. The van der Waals surface area contributed by atoms with Crippen LogP contribution in [0.15, 0.2) is 42.7 Å². The Hall–Kier alpha value is -3.08. The number of alkyl halides is 3. The maximum atomic E-state index is 12.5. The zero-order valence-corrected chi connectivity index (χ0v) is 13.4. The topological polar surface area (TPSA) is 61.9 Å². The maximum Gasteiger partial charge on any atom is 0.406 e. The summed E-state index contributed by atoms with van der Waals surface area (Å²) >= 11 is 0. The highest BCUT2D eigenvalue weighted by Gasteiger charge is 2.29. The average Bonchev–Trinajstić information content (AvgIpc) is 2.97. The molecule has 0 bridgehead atoms. The first-order valence-electron chi connectivity index (χ1n) is 7.29. The van der Waals surface area contributed by atoms with Crippen molar-refractivity contribution in [1.82, 2.24) is 14.5 Å². The van der Waals surface area contributed by atoms with Gasteiger partial charge in [0.2, 0.25) is 5.91 Å². The number of likely N-dealkylation sites (N-methyl/N-ethyl adjacent to an activating group) is 1. The van der Waals surface area contributed by atoms with Gasteiger partial charge in [0, 0.05) is 25.5 Å². The van der Waals surface area contributed by atoms with Crippen molar-refractivity contribution in [2.75, 3.05) is 7.05 Å². The van der Waals surface area contributed by atoms with Crippen molar-refractivity contribution in [2.45, 2.75) is 19.3 Å². The van der Waals surface area contributed by atoms with Crippen LogP contribution in [-0.2, 0) is 17.9 Å². The molecule has 0 spiro atoms. The molecule has 2 aromatic rings. The van der Waals surface area contributed by atoms with Crippen LogP contribution in [0.3, 0.4) is 0 Å². The molecule has 0 saturated heterocycles. The lowest BCUT2D eigenvalue weighted by molar-refractivity contribution is -0.141. The lowest BCUT2D eigenvalue weighted by atomic mass is 10.1. The molecule has 1 amide bonds. The summed E-state index contributed by atoms with van der Waals surface area (Å²) in [5, 5.41) is 9.01. The van der Waals surface area contributed by atoms with Gasteiger partial charge in [-0.15, -0.1) is 0 Å². The molecule has 130 valence electrons. The van der Waals surface area contributed by atoms with E-state index < -0.39 is 18.6 Å². The molecule has 0 atom stereocenters. The fourth-order valence-electron chi connectivity index (χ4n) is 2.15. The number of amides is 1. The Morgan fingerprint density at radius 1 is 1.40 bits per heavy atom. The number of hydrogen-bond donors (Lipinski definition) is 0. The average molecular weight is 348 g/mol. The summed E-state index contributed by atoms with van der Waals surface area (Å²) in [5.74, 6) is -0.270. The summed E-state index contributed by atoms with van der Waals surface area (Å²) in [6.07, 6.45) is 0.893. The van der Waals surface area contributed by atoms with E-state index in [4.69, 9.17) is 5.26 Å². The van der Waals surface area contributed by atoms with E-state index in [0.717, 1.165) is 4.57 Å². The molecule has 0 aliphatic rings. The number of nitrogens with zero attached hydrogens (tertiary/aromatic N) is 4. The molecule has 25 heavy (non-hydrogen) atoms. The van der Waals surface area contributed by atoms with Crippen molar-refractivity contribution in [3.8, 4) is 6.07 Å². The van der Waals surface area contributed by atoms with Crippen LogP contribution in [0.5, 0.6) is 0 Å². The number of aromatic nitrogens is 2. The predicted molar refractivity (Wildman–Crippen MR) is 84.9 cm³/mol. The van der Waals surface area contributed by atoms with Crippen LogP contribution in [0.2, 0.25) is 0 Å². The van der Waals surface area contributed by atoms with Crippen LogP contribution < -0.4 is 0 Å². The van der Waals surface area contributed by atoms with Crippen molar-refractivity contribution in [3.05, 3.63) is 59.7 Å². The summed E-state index contributed by atoms with van der Waals surface area (Å²) in [6, 6.07) is 8.79. The van der Waals surface area contributed by atoms with Crippen LogP contribution in [0.25, 0.3) is 6.08 Å². The molecule has 0 aliphatic carbocycles. The van der Waals surface area contributed by atoms with Crippen molar-refractivity contribution in [3.63, 3.8) is 0 Å². The van der Waals surface area contributed by atoms with Crippen molar-refractivity contribution in [2.24, 2.45) is 0 Å². The fraction of sp³-hybridized carbons (Fsp3) is 0.235. The van der Waals surface area contributed by atoms with Gasteiger partial charge < -0.3 is 9.47 Å². The molecule has 0 N–H and O–H groups in total. The number of hydrogen-bond acceptors (Lipinski definition) is 3. The van der Waals surface area contributed by atoms with Gasteiger partial charge in [-0.2, -0.15) is 18.4 Å². The summed E-state index contributed by atoms with van der Waals surface area (Å²) < 4.78 is 38.5. The summed E-state index contributed by atoms with van der Waals surface area (Å²) in [7, 11) is 1.47. The molecule has 1 aromatic carbocycles. The van der Waals surface area contributed by atoms with E-state index in [1.807, 2.05) is 6.07 Å². The maximum absolute atomic E-state index is 12.5. The van der Waals surface area contributed by atoms with Gasteiger partial charge >= 0.3 is 6.18 Å². The van der Waals surface area contributed by atoms with Crippen LogP contribution in [0.1, 0.15) is 17.0 Å². The minimum absolute atomic E-state index is 0.0633. The normalized spacial score (nSPS) is 11.5. The Morgan fingerprint density at radius 3 is 2.80 bits per heavy atom. The molecule has 2 rings (SSSR count). The molecular weight excluding hydrogens is 333 g/mol. The lowest BCUT2D eigenvalue weighted by Crippen LogP contribution is -2.27. The van der Waals surface area contributed by atoms with Gasteiger partial charge in [-0.1, -0.05) is 18.2 Å². The Bertz CT molecular complexity index is 818. The highest BCUT2D eigenvalue weighted by molar-refractivity contribution is 5.91. The van der Waals surface area contributed by atoms with Gasteiger partial charge in [0.25, 0.3) is 0 Å². The second-order valence-electron chi connectivity index (χ2n) is 5.31. The van der Waals surface area contributed by atoms with Gasteiger partial charge in [-0.3, -0.25) is 4.79 Å². The van der Waals surface area contributed by atoms with E-state index in [1.165, 1.54) is 36.5 Å². The number of benzene rings is 1. The van der Waals surface area contributed by atoms with Crippen LogP contribution in [0.4, 0.5) is 13.2 Å². The van der Waals surface area contributed by atoms with Gasteiger partial charge in [0.15, 0.2) is 0 Å². The third-order valence-corrected chi connectivity index (χ3v) is 3.39. The fourth-order valence-corrected chi connectivity index (χ4v) is 2.15. The quantitative estimate of drug-likeness (QED) is 0.781. The Labute approximate surface area is 142 Å². The minimum atomic E-state index is -4.36. The molecule has 1 heterocycles. The number of halogens is 3. The Balaban J connectivity index is 2.05. The van der Waals surface area contributed by atoms with Crippen molar-refractivity contribution < 1.29 is 18.0 Å². The molecule has 0 unspecified atom stereocenters. The lowest BCUT2D eigenvalue weighted by Gasteiger charge is -2.17. The largest absolute Gasteiger partial charge is 0.406 e. The summed E-state index contributed by atoms with van der Waals surface area (Å²) in [5.41, 5.74) is 1.01. The van der Waals surface area contributed by atoms with E-state index >= 15 is 0 Å². The molecule has 0 aliphatic heterocycles. The first-order valence-corrected chi connectivity index (χ1v) is 7.29. The number of imidazole rings is 1. The van der Waals surface area contributed by atoms with E-state index in [1.54, 1.807) is 24.3 Å². The molecule has 5 nitrogen and oxygen atoms in total. The Morgan fingerprint density at radius 2 is 2.12 bits per heavy atom. The number of carbonyl (C=O) groups excluding carboxylic acids is 1. The summed E-state index contributed by atoms with van der Waals surface area (Å²) in [6.45, 7) is -1.22. The molecule has 0 saturated carbocycles. The van der Waals surface area contributed by atoms with E-state index in [9.17, 15) is 18.0 Å². The van der Waals surface area contributed by atoms with Gasteiger partial charge in [-0.25, -0.2) is 4.98 Å². The number of carbonyl (C=O) groups is 1. The van der Waals surface area contributed by atoms with E-state index in [2.05, 4.69) is 4.98 Å². The van der Waals surface area contributed by atoms with E-state index in [0.29, 0.717) is 11.1 Å². The second-order valence-corrected chi connectivity index (χ2v) is 5.31. The molecule has 0 radical (unpaired) electrons.